The molecule has 0 spiro atoms. The predicted molar refractivity (Wildman–Crippen MR) is 56.6 cm³/mol. The van der Waals surface area contributed by atoms with Gasteiger partial charge in [0.25, 0.3) is 0 Å². The molecule has 1 N–H and O–H groups in total. The fourth-order valence-corrected chi connectivity index (χ4v) is 1.67. The third-order valence-electron chi connectivity index (χ3n) is 1.76. The normalized spacial score (nSPS) is 11.8. The number of hydrogen-bond donors (Lipinski definition) is 1. The van der Waals surface area contributed by atoms with E-state index in [0.29, 0.717) is 6.04 Å². The molecule has 0 aliphatic carbocycles. The molecular weight excluding hydrogens is 180 g/mol. The summed E-state index contributed by atoms with van der Waals surface area (Å²) in [5, 5.41) is 3.39. The van der Waals surface area contributed by atoms with Crippen LogP contribution in [0.15, 0.2) is 11.7 Å². The van der Waals surface area contributed by atoms with Gasteiger partial charge in [-0.2, -0.15) is 0 Å². The molecule has 0 radical (unpaired) electrons. The van der Waals surface area contributed by atoms with Crippen LogP contribution in [0.2, 0.25) is 0 Å². The fourth-order valence-electron chi connectivity index (χ4n) is 1.02. The summed E-state index contributed by atoms with van der Waals surface area (Å²) in [6, 6.07) is 0.395. The molecule has 0 fully saturated rings. The number of aromatic nitrogens is 1. The average Bonchev–Trinajstić information content (AvgIpc) is 2.65. The van der Waals surface area contributed by atoms with E-state index in [4.69, 9.17) is 0 Å². The number of thiazole rings is 1. The molecule has 1 rings (SSSR count). The van der Waals surface area contributed by atoms with E-state index in [9.17, 15) is 0 Å². The van der Waals surface area contributed by atoms with E-state index in [-0.39, 0.29) is 0 Å². The van der Waals surface area contributed by atoms with Crippen molar-refractivity contribution in [3.63, 3.8) is 0 Å². The molecule has 13 heavy (non-hydrogen) atoms. The maximum atomic E-state index is 4.04. The molecule has 0 bridgehead atoms. The van der Waals surface area contributed by atoms with Crippen LogP contribution in [-0.4, -0.2) is 11.5 Å². The summed E-state index contributed by atoms with van der Waals surface area (Å²) in [6.07, 6.45) is 2.83. The van der Waals surface area contributed by atoms with Gasteiger partial charge in [-0.15, -0.1) is 23.2 Å². The number of rotatable bonds is 4. The molecule has 0 amide bonds. The molecule has 1 aromatic rings. The van der Waals surface area contributed by atoms with Crippen molar-refractivity contribution in [1.29, 1.82) is 0 Å². The van der Waals surface area contributed by atoms with Crippen LogP contribution in [0.25, 0.3) is 0 Å². The van der Waals surface area contributed by atoms with Gasteiger partial charge in [0.1, 0.15) is 0 Å². The van der Waals surface area contributed by atoms with Crippen LogP contribution in [0.1, 0.15) is 31.2 Å². The summed E-state index contributed by atoms with van der Waals surface area (Å²) < 4.78 is 0. The predicted octanol–water partition coefficient (Wildman–Crippen LogP) is 2.21. The highest BCUT2D eigenvalue weighted by Crippen LogP contribution is 2.15. The first kappa shape index (κ1) is 10.2. The van der Waals surface area contributed by atoms with Crippen molar-refractivity contribution in [3.05, 3.63) is 16.6 Å². The van der Waals surface area contributed by atoms with Crippen LogP contribution in [-0.2, 0) is 0 Å². The maximum Gasteiger partial charge on any atom is 0.0794 e. The molecule has 1 atom stereocenters. The molecule has 0 saturated heterocycles. The van der Waals surface area contributed by atoms with Gasteiger partial charge >= 0.3 is 0 Å². The van der Waals surface area contributed by atoms with Crippen molar-refractivity contribution in [3.8, 4) is 11.8 Å². The minimum atomic E-state index is 0.395. The summed E-state index contributed by atoms with van der Waals surface area (Å²) in [4.78, 5) is 5.32. The van der Waals surface area contributed by atoms with Gasteiger partial charge in [-0.05, 0) is 13.8 Å². The van der Waals surface area contributed by atoms with E-state index in [2.05, 4.69) is 29.1 Å². The second-order valence-electron chi connectivity index (χ2n) is 2.76. The van der Waals surface area contributed by atoms with Gasteiger partial charge in [0.2, 0.25) is 0 Å². The van der Waals surface area contributed by atoms with Crippen LogP contribution < -0.4 is 5.32 Å². The van der Waals surface area contributed by atoms with Gasteiger partial charge in [-0.1, -0.05) is 0 Å². The third-order valence-corrected chi connectivity index (χ3v) is 2.71. The number of hydrogen-bond acceptors (Lipinski definition) is 3. The van der Waals surface area contributed by atoms with E-state index in [1.807, 2.05) is 18.6 Å². The monoisotopic (exact) mass is 194 g/mol. The summed E-state index contributed by atoms with van der Waals surface area (Å²) in [5.74, 6) is 5.90. The van der Waals surface area contributed by atoms with Crippen molar-refractivity contribution in [2.75, 3.05) is 6.54 Å². The van der Waals surface area contributed by atoms with Crippen LogP contribution in [0.3, 0.4) is 0 Å². The standard InChI is InChI=1S/C10H14N2S/c1-3-4-5-6-12-9(2)10-7-11-8-13-10/h7-9,12H,5-6H2,1-2H3. The molecule has 1 unspecified atom stereocenters. The molecule has 3 heteroatoms. The molecule has 0 saturated carbocycles. The topological polar surface area (TPSA) is 24.9 Å². The van der Waals surface area contributed by atoms with Crippen molar-refractivity contribution in [1.82, 2.24) is 10.3 Å². The zero-order chi connectivity index (χ0) is 9.52. The van der Waals surface area contributed by atoms with Crippen molar-refractivity contribution in [2.45, 2.75) is 26.3 Å². The molecule has 0 aliphatic heterocycles. The minimum absolute atomic E-state index is 0.395. The van der Waals surface area contributed by atoms with Gasteiger partial charge in [-0.3, -0.25) is 4.98 Å². The fraction of sp³-hybridized carbons (Fsp3) is 0.500. The molecular formula is C10H14N2S. The third kappa shape index (κ3) is 3.58. The molecule has 1 aromatic heterocycles. The first-order chi connectivity index (χ1) is 6.34. The lowest BCUT2D eigenvalue weighted by Crippen LogP contribution is -2.18. The van der Waals surface area contributed by atoms with E-state index in [1.165, 1.54) is 4.88 Å². The summed E-state index contributed by atoms with van der Waals surface area (Å²) in [5.41, 5.74) is 1.86. The second-order valence-corrected chi connectivity index (χ2v) is 3.67. The zero-order valence-electron chi connectivity index (χ0n) is 8.00. The van der Waals surface area contributed by atoms with Crippen LogP contribution in [0.5, 0.6) is 0 Å². The van der Waals surface area contributed by atoms with Crippen molar-refractivity contribution < 1.29 is 0 Å². The van der Waals surface area contributed by atoms with E-state index < -0.39 is 0 Å². The van der Waals surface area contributed by atoms with Crippen LogP contribution in [0.4, 0.5) is 0 Å². The Kier molecular flexibility index (Phi) is 4.52. The number of nitrogens with one attached hydrogen (secondary N) is 1. The summed E-state index contributed by atoms with van der Waals surface area (Å²) in [7, 11) is 0. The van der Waals surface area contributed by atoms with E-state index >= 15 is 0 Å². The summed E-state index contributed by atoms with van der Waals surface area (Å²) in [6.45, 7) is 4.96. The van der Waals surface area contributed by atoms with Crippen LogP contribution in [0, 0.1) is 11.8 Å². The Morgan fingerprint density at radius 2 is 2.54 bits per heavy atom. The molecule has 1 heterocycles. The Bertz CT molecular complexity index is 282. The lowest BCUT2D eigenvalue weighted by atomic mass is 10.3. The van der Waals surface area contributed by atoms with Gasteiger partial charge < -0.3 is 5.32 Å². The van der Waals surface area contributed by atoms with Gasteiger partial charge in [0.05, 0.1) is 5.51 Å². The van der Waals surface area contributed by atoms with Gasteiger partial charge in [-0.25, -0.2) is 0 Å². The van der Waals surface area contributed by atoms with Gasteiger partial charge in [0.15, 0.2) is 0 Å². The first-order valence-corrected chi connectivity index (χ1v) is 5.24. The lowest BCUT2D eigenvalue weighted by molar-refractivity contribution is 0.591. The second kappa shape index (κ2) is 5.74. The Labute approximate surface area is 83.4 Å². The van der Waals surface area contributed by atoms with Crippen molar-refractivity contribution in [2.24, 2.45) is 0 Å². The van der Waals surface area contributed by atoms with Crippen molar-refractivity contribution >= 4 is 11.3 Å². The Hall–Kier alpha value is -0.850. The highest BCUT2D eigenvalue weighted by atomic mass is 32.1. The lowest BCUT2D eigenvalue weighted by Gasteiger charge is -2.09. The molecule has 2 nitrogen and oxygen atoms in total. The van der Waals surface area contributed by atoms with E-state index in [1.54, 1.807) is 11.3 Å². The largest absolute Gasteiger partial charge is 0.308 e. The van der Waals surface area contributed by atoms with Crippen LogP contribution >= 0.6 is 11.3 Å². The van der Waals surface area contributed by atoms with E-state index in [0.717, 1.165) is 13.0 Å². The SMILES string of the molecule is CC#CCCNC(C)c1cncs1. The quantitative estimate of drug-likeness (QED) is 0.587. The maximum absolute atomic E-state index is 4.04. The van der Waals surface area contributed by atoms with Gasteiger partial charge in [0, 0.05) is 30.1 Å². The Morgan fingerprint density at radius 1 is 1.69 bits per heavy atom. The summed E-state index contributed by atoms with van der Waals surface area (Å²) >= 11 is 1.69. The first-order valence-electron chi connectivity index (χ1n) is 4.36. The minimum Gasteiger partial charge on any atom is -0.308 e. The highest BCUT2D eigenvalue weighted by Gasteiger charge is 2.04. The Morgan fingerprint density at radius 3 is 3.15 bits per heavy atom. The number of nitrogens with zero attached hydrogens (tertiary/aromatic N) is 1. The molecule has 0 aromatic carbocycles. The smallest absolute Gasteiger partial charge is 0.0794 e. The molecule has 70 valence electrons. The zero-order valence-corrected chi connectivity index (χ0v) is 8.82. The Balaban J connectivity index is 2.25. The average molecular weight is 194 g/mol. The highest BCUT2D eigenvalue weighted by molar-refractivity contribution is 7.09. The molecule has 0 aliphatic rings.